The van der Waals surface area contributed by atoms with E-state index in [2.05, 4.69) is 5.92 Å². The lowest BCUT2D eigenvalue weighted by molar-refractivity contribution is 0.238. The van der Waals surface area contributed by atoms with Gasteiger partial charge in [0.2, 0.25) is 0 Å². The first-order valence-corrected chi connectivity index (χ1v) is 3.61. The molecule has 1 unspecified atom stereocenters. The Kier molecular flexibility index (Phi) is 2.69. The molecule has 0 heterocycles. The van der Waals surface area contributed by atoms with Gasteiger partial charge in [0.1, 0.15) is 11.9 Å². The Morgan fingerprint density at radius 2 is 2.17 bits per heavy atom. The standard InChI is InChI=1S/C9H6ClFO/c1-2-9(12)6-3-7(10)5-8(11)4-6/h1,3-5,9,12H. The van der Waals surface area contributed by atoms with Gasteiger partial charge in [-0.05, 0) is 23.8 Å². The molecular weight excluding hydrogens is 179 g/mol. The van der Waals surface area contributed by atoms with Crippen molar-refractivity contribution in [1.29, 1.82) is 0 Å². The fourth-order valence-electron chi connectivity index (χ4n) is 0.829. The maximum atomic E-state index is 12.7. The minimum atomic E-state index is -1.10. The fraction of sp³-hybridized carbons (Fsp3) is 0.111. The second-order valence-electron chi connectivity index (χ2n) is 2.27. The Hall–Kier alpha value is -1.04. The van der Waals surface area contributed by atoms with Crippen LogP contribution >= 0.6 is 11.6 Å². The van der Waals surface area contributed by atoms with Crippen molar-refractivity contribution in [3.63, 3.8) is 0 Å². The monoisotopic (exact) mass is 184 g/mol. The number of aliphatic hydroxyl groups is 1. The Bertz CT molecular complexity index is 310. The molecule has 0 aliphatic rings. The van der Waals surface area contributed by atoms with Crippen LogP contribution in [-0.4, -0.2) is 5.11 Å². The lowest BCUT2D eigenvalue weighted by Gasteiger charge is -2.03. The second kappa shape index (κ2) is 3.57. The summed E-state index contributed by atoms with van der Waals surface area (Å²) in [4.78, 5) is 0. The summed E-state index contributed by atoms with van der Waals surface area (Å²) in [5.74, 6) is 1.56. The zero-order valence-corrected chi connectivity index (χ0v) is 6.85. The average molecular weight is 185 g/mol. The third kappa shape index (κ3) is 1.97. The molecule has 1 rings (SSSR count). The molecule has 0 aliphatic heterocycles. The lowest BCUT2D eigenvalue weighted by Crippen LogP contribution is -1.93. The van der Waals surface area contributed by atoms with Crippen molar-refractivity contribution in [2.24, 2.45) is 0 Å². The van der Waals surface area contributed by atoms with Gasteiger partial charge in [-0.15, -0.1) is 6.42 Å². The van der Waals surface area contributed by atoms with Crippen LogP contribution in [0.5, 0.6) is 0 Å². The van der Waals surface area contributed by atoms with Crippen molar-refractivity contribution < 1.29 is 9.50 Å². The maximum absolute atomic E-state index is 12.7. The molecule has 0 fully saturated rings. The third-order valence-corrected chi connectivity index (χ3v) is 1.58. The van der Waals surface area contributed by atoms with Crippen LogP contribution < -0.4 is 0 Å². The molecule has 0 saturated heterocycles. The summed E-state index contributed by atoms with van der Waals surface area (Å²) in [6.45, 7) is 0. The Balaban J connectivity index is 3.10. The third-order valence-electron chi connectivity index (χ3n) is 1.36. The molecule has 1 atom stereocenters. The van der Waals surface area contributed by atoms with Crippen LogP contribution in [0.1, 0.15) is 11.7 Å². The van der Waals surface area contributed by atoms with Crippen LogP contribution in [0.15, 0.2) is 18.2 Å². The van der Waals surface area contributed by atoms with Gasteiger partial charge in [-0.1, -0.05) is 17.5 Å². The van der Waals surface area contributed by atoms with Gasteiger partial charge in [-0.3, -0.25) is 0 Å². The van der Waals surface area contributed by atoms with Crippen molar-refractivity contribution in [1.82, 2.24) is 0 Å². The van der Waals surface area contributed by atoms with Crippen molar-refractivity contribution in [3.05, 3.63) is 34.6 Å². The molecule has 1 aromatic rings. The SMILES string of the molecule is C#CC(O)c1cc(F)cc(Cl)c1. The molecule has 0 aromatic heterocycles. The highest BCUT2D eigenvalue weighted by atomic mass is 35.5. The summed E-state index contributed by atoms with van der Waals surface area (Å²) in [6.07, 6.45) is 3.84. The first kappa shape index (κ1) is 9.05. The highest BCUT2D eigenvalue weighted by molar-refractivity contribution is 6.30. The fourth-order valence-corrected chi connectivity index (χ4v) is 1.06. The van der Waals surface area contributed by atoms with E-state index < -0.39 is 11.9 Å². The van der Waals surface area contributed by atoms with Gasteiger partial charge < -0.3 is 5.11 Å². The molecule has 1 nitrogen and oxygen atoms in total. The minimum Gasteiger partial charge on any atom is -0.376 e. The number of aliphatic hydroxyl groups excluding tert-OH is 1. The van der Waals surface area contributed by atoms with Gasteiger partial charge in [0.25, 0.3) is 0 Å². The molecule has 1 aromatic carbocycles. The summed E-state index contributed by atoms with van der Waals surface area (Å²) in [6, 6.07) is 3.72. The highest BCUT2D eigenvalue weighted by Crippen LogP contribution is 2.19. The largest absolute Gasteiger partial charge is 0.376 e. The number of terminal acetylenes is 1. The number of halogens is 2. The van der Waals surface area contributed by atoms with E-state index in [-0.39, 0.29) is 5.02 Å². The van der Waals surface area contributed by atoms with Crippen LogP contribution in [0.2, 0.25) is 5.02 Å². The maximum Gasteiger partial charge on any atom is 0.140 e. The molecule has 3 heteroatoms. The van der Waals surface area contributed by atoms with Crippen molar-refractivity contribution in [2.75, 3.05) is 0 Å². The molecule has 0 spiro atoms. The van der Waals surface area contributed by atoms with Gasteiger partial charge in [0, 0.05) is 5.02 Å². The molecule has 0 bridgehead atoms. The van der Waals surface area contributed by atoms with Crippen molar-refractivity contribution in [3.8, 4) is 12.3 Å². The smallest absolute Gasteiger partial charge is 0.140 e. The Morgan fingerprint density at radius 1 is 1.50 bits per heavy atom. The summed E-state index contributed by atoms with van der Waals surface area (Å²) in [5.41, 5.74) is 0.294. The summed E-state index contributed by atoms with van der Waals surface area (Å²) in [7, 11) is 0. The van der Waals surface area contributed by atoms with E-state index in [0.29, 0.717) is 5.56 Å². The summed E-state index contributed by atoms with van der Waals surface area (Å²) in [5, 5.41) is 9.34. The zero-order valence-electron chi connectivity index (χ0n) is 6.09. The number of hydrogen-bond donors (Lipinski definition) is 1. The van der Waals surface area contributed by atoms with Crippen molar-refractivity contribution >= 4 is 11.6 Å². The minimum absolute atomic E-state index is 0.222. The summed E-state index contributed by atoms with van der Waals surface area (Å²) >= 11 is 5.53. The van der Waals surface area contributed by atoms with Gasteiger partial charge in [-0.25, -0.2) is 4.39 Å². The van der Waals surface area contributed by atoms with E-state index in [1.807, 2.05) is 0 Å². The van der Waals surface area contributed by atoms with E-state index in [9.17, 15) is 4.39 Å². The molecule has 0 amide bonds. The van der Waals surface area contributed by atoms with E-state index >= 15 is 0 Å². The predicted molar refractivity (Wildman–Crippen MR) is 45.2 cm³/mol. The first-order valence-electron chi connectivity index (χ1n) is 3.23. The van der Waals surface area contributed by atoms with Gasteiger partial charge in [0.15, 0.2) is 0 Å². The average Bonchev–Trinajstić information content (AvgIpc) is 2.01. The van der Waals surface area contributed by atoms with Crippen LogP contribution in [0.3, 0.4) is 0 Å². The first-order chi connectivity index (χ1) is 5.63. The number of rotatable bonds is 1. The highest BCUT2D eigenvalue weighted by Gasteiger charge is 2.05. The van der Waals surface area contributed by atoms with Crippen molar-refractivity contribution in [2.45, 2.75) is 6.10 Å². The molecule has 0 aliphatic carbocycles. The van der Waals surface area contributed by atoms with E-state index in [0.717, 1.165) is 12.1 Å². The molecule has 0 radical (unpaired) electrons. The number of hydrogen-bond acceptors (Lipinski definition) is 1. The molecular formula is C9H6ClFO. The van der Waals surface area contributed by atoms with E-state index in [1.165, 1.54) is 6.07 Å². The molecule has 0 saturated carbocycles. The molecule has 1 N–H and O–H groups in total. The number of benzene rings is 1. The molecule has 12 heavy (non-hydrogen) atoms. The van der Waals surface area contributed by atoms with Gasteiger partial charge >= 0.3 is 0 Å². The van der Waals surface area contributed by atoms with Crippen LogP contribution in [-0.2, 0) is 0 Å². The quantitative estimate of drug-likeness (QED) is 0.663. The Labute approximate surface area is 74.8 Å². The predicted octanol–water partition coefficient (Wildman–Crippen LogP) is 2.15. The molecule has 62 valence electrons. The topological polar surface area (TPSA) is 20.2 Å². The van der Waals surface area contributed by atoms with Gasteiger partial charge in [-0.2, -0.15) is 0 Å². The van der Waals surface area contributed by atoms with Crippen LogP contribution in [0.25, 0.3) is 0 Å². The summed E-state index contributed by atoms with van der Waals surface area (Å²) < 4.78 is 12.7. The normalized spacial score (nSPS) is 12.2. The van der Waals surface area contributed by atoms with Crippen LogP contribution in [0.4, 0.5) is 4.39 Å². The Morgan fingerprint density at radius 3 is 2.67 bits per heavy atom. The van der Waals surface area contributed by atoms with E-state index in [1.54, 1.807) is 0 Å². The van der Waals surface area contributed by atoms with Gasteiger partial charge in [0.05, 0.1) is 0 Å². The van der Waals surface area contributed by atoms with Crippen LogP contribution in [0, 0.1) is 18.2 Å². The second-order valence-corrected chi connectivity index (χ2v) is 2.71. The zero-order chi connectivity index (χ0) is 9.14. The lowest BCUT2D eigenvalue weighted by atomic mass is 10.1. The van der Waals surface area contributed by atoms with E-state index in [4.69, 9.17) is 23.1 Å².